The number of hydrogen-bond acceptors (Lipinski definition) is 5. The molecular formula is C27H27F3N2O4S. The Balaban J connectivity index is 1.63. The third kappa shape index (κ3) is 5.85. The number of ether oxygens (including phenoxy) is 4. The number of rotatable bonds is 7. The molecule has 37 heavy (non-hydrogen) atoms. The van der Waals surface area contributed by atoms with E-state index in [2.05, 4.69) is 5.32 Å². The molecule has 1 atom stereocenters. The summed E-state index contributed by atoms with van der Waals surface area (Å²) in [6, 6.07) is 15.7. The van der Waals surface area contributed by atoms with Gasteiger partial charge in [0.25, 0.3) is 0 Å². The summed E-state index contributed by atoms with van der Waals surface area (Å²) in [6.07, 6.45) is -3.73. The van der Waals surface area contributed by atoms with Crippen LogP contribution in [0.5, 0.6) is 23.0 Å². The van der Waals surface area contributed by atoms with Gasteiger partial charge < -0.3 is 29.2 Å². The minimum absolute atomic E-state index is 0.234. The number of nitrogens with one attached hydrogen (secondary N) is 1. The number of anilines is 1. The Bertz CT molecular complexity index is 1250. The smallest absolute Gasteiger partial charge is 0.416 e. The second kappa shape index (κ2) is 11.2. The first-order chi connectivity index (χ1) is 17.7. The monoisotopic (exact) mass is 532 g/mol. The van der Waals surface area contributed by atoms with Crippen LogP contribution in [0, 0.1) is 0 Å². The number of benzene rings is 3. The summed E-state index contributed by atoms with van der Waals surface area (Å²) in [5.74, 6) is 2.39. The van der Waals surface area contributed by atoms with Crippen LogP contribution in [-0.4, -0.2) is 44.5 Å². The number of fused-ring (bicyclic) bond motifs is 1. The van der Waals surface area contributed by atoms with Crippen LogP contribution >= 0.6 is 12.2 Å². The molecule has 0 saturated heterocycles. The van der Waals surface area contributed by atoms with Crippen molar-refractivity contribution >= 4 is 23.0 Å². The first kappa shape index (κ1) is 26.4. The summed E-state index contributed by atoms with van der Waals surface area (Å²) in [6.45, 7) is 0.798. The van der Waals surface area contributed by atoms with Crippen LogP contribution in [0.15, 0.2) is 60.7 Å². The molecule has 3 aromatic carbocycles. The van der Waals surface area contributed by atoms with Crippen molar-refractivity contribution in [2.45, 2.75) is 18.6 Å². The fourth-order valence-electron chi connectivity index (χ4n) is 4.30. The van der Waals surface area contributed by atoms with E-state index in [0.717, 1.165) is 23.3 Å². The van der Waals surface area contributed by atoms with E-state index in [4.69, 9.17) is 31.2 Å². The van der Waals surface area contributed by atoms with Crippen LogP contribution in [0.25, 0.3) is 0 Å². The molecule has 0 aromatic heterocycles. The zero-order chi connectivity index (χ0) is 26.6. The molecule has 0 saturated carbocycles. The van der Waals surface area contributed by atoms with E-state index < -0.39 is 11.7 Å². The highest BCUT2D eigenvalue weighted by Gasteiger charge is 2.32. The van der Waals surface area contributed by atoms with E-state index in [1.54, 1.807) is 21.3 Å². The molecule has 1 aliphatic rings. The van der Waals surface area contributed by atoms with Gasteiger partial charge in [0.05, 0.1) is 32.9 Å². The molecule has 0 amide bonds. The van der Waals surface area contributed by atoms with Gasteiger partial charge in [0.1, 0.15) is 6.61 Å². The molecule has 1 unspecified atom stereocenters. The molecule has 10 heteroatoms. The first-order valence-electron chi connectivity index (χ1n) is 11.5. The van der Waals surface area contributed by atoms with Gasteiger partial charge in [0.15, 0.2) is 28.1 Å². The minimum Gasteiger partial charge on any atom is -0.493 e. The zero-order valence-electron chi connectivity index (χ0n) is 20.6. The lowest BCUT2D eigenvalue weighted by Gasteiger charge is -2.39. The number of thiocarbonyl (C=S) groups is 1. The number of para-hydroxylation sites is 2. The van der Waals surface area contributed by atoms with Gasteiger partial charge in [-0.3, -0.25) is 0 Å². The summed E-state index contributed by atoms with van der Waals surface area (Å²) in [4.78, 5) is 1.97. The zero-order valence-corrected chi connectivity index (χ0v) is 21.4. The summed E-state index contributed by atoms with van der Waals surface area (Å²) >= 11 is 5.71. The van der Waals surface area contributed by atoms with E-state index in [1.807, 2.05) is 41.3 Å². The molecule has 0 fully saturated rings. The maximum Gasteiger partial charge on any atom is 0.416 e. The lowest BCUT2D eigenvalue weighted by atomic mass is 9.92. The van der Waals surface area contributed by atoms with Crippen molar-refractivity contribution in [1.29, 1.82) is 0 Å². The average Bonchev–Trinajstić information content (AvgIpc) is 2.90. The van der Waals surface area contributed by atoms with Crippen molar-refractivity contribution in [1.82, 2.24) is 4.90 Å². The van der Waals surface area contributed by atoms with Crippen molar-refractivity contribution in [3.8, 4) is 23.0 Å². The highest BCUT2D eigenvalue weighted by Crippen LogP contribution is 2.39. The van der Waals surface area contributed by atoms with Gasteiger partial charge >= 0.3 is 6.18 Å². The highest BCUT2D eigenvalue weighted by atomic mass is 32.1. The molecule has 1 N–H and O–H groups in total. The number of nitrogens with zero attached hydrogens (tertiary/aromatic N) is 1. The van der Waals surface area contributed by atoms with Gasteiger partial charge in [-0.2, -0.15) is 13.2 Å². The number of hydrogen-bond donors (Lipinski definition) is 1. The molecule has 0 spiro atoms. The average molecular weight is 533 g/mol. The second-order valence-corrected chi connectivity index (χ2v) is 8.72. The molecular weight excluding hydrogens is 505 g/mol. The second-order valence-electron chi connectivity index (χ2n) is 8.33. The van der Waals surface area contributed by atoms with Crippen LogP contribution < -0.4 is 24.3 Å². The lowest BCUT2D eigenvalue weighted by molar-refractivity contribution is -0.137. The third-order valence-corrected chi connectivity index (χ3v) is 6.53. The van der Waals surface area contributed by atoms with Crippen molar-refractivity contribution < 1.29 is 32.1 Å². The lowest BCUT2D eigenvalue weighted by Crippen LogP contribution is -2.44. The SMILES string of the molecule is COc1cc2c(cc1OC)C(COc1ccccc1OC)N(C(=S)Nc1ccc(C(F)(F)F)cc1)CC2. The molecule has 0 aliphatic carbocycles. The van der Waals surface area contributed by atoms with Crippen LogP contribution in [0.4, 0.5) is 18.9 Å². The summed E-state index contributed by atoms with van der Waals surface area (Å²) < 4.78 is 61.5. The molecule has 3 aromatic rings. The first-order valence-corrected chi connectivity index (χ1v) is 11.9. The molecule has 1 aliphatic heterocycles. The van der Waals surface area contributed by atoms with E-state index in [0.29, 0.717) is 46.8 Å². The van der Waals surface area contributed by atoms with Gasteiger partial charge in [-0.05, 0) is 78.3 Å². The fraction of sp³-hybridized carbons (Fsp3) is 0.296. The topological polar surface area (TPSA) is 52.2 Å². The Morgan fingerprint density at radius 1 is 0.919 bits per heavy atom. The van der Waals surface area contributed by atoms with Crippen LogP contribution in [0.1, 0.15) is 22.7 Å². The van der Waals surface area contributed by atoms with Crippen molar-refractivity contribution in [2.24, 2.45) is 0 Å². The Morgan fingerprint density at radius 3 is 2.16 bits per heavy atom. The Morgan fingerprint density at radius 2 is 1.54 bits per heavy atom. The molecule has 0 bridgehead atoms. The van der Waals surface area contributed by atoms with Gasteiger partial charge in [-0.1, -0.05) is 12.1 Å². The van der Waals surface area contributed by atoms with E-state index >= 15 is 0 Å². The van der Waals surface area contributed by atoms with E-state index in [-0.39, 0.29) is 12.6 Å². The van der Waals surface area contributed by atoms with Crippen molar-refractivity contribution in [3.05, 3.63) is 77.4 Å². The predicted octanol–water partition coefficient (Wildman–Crippen LogP) is 6.11. The van der Waals surface area contributed by atoms with E-state index in [9.17, 15) is 13.2 Å². The number of halogens is 3. The van der Waals surface area contributed by atoms with Crippen LogP contribution in [-0.2, 0) is 12.6 Å². The summed E-state index contributed by atoms with van der Waals surface area (Å²) in [5, 5.41) is 3.45. The van der Waals surface area contributed by atoms with Gasteiger partial charge in [-0.15, -0.1) is 0 Å². The van der Waals surface area contributed by atoms with Gasteiger partial charge in [0.2, 0.25) is 0 Å². The van der Waals surface area contributed by atoms with Crippen molar-refractivity contribution in [3.63, 3.8) is 0 Å². The molecule has 4 rings (SSSR count). The Kier molecular flexibility index (Phi) is 7.97. The molecule has 1 heterocycles. The summed E-state index contributed by atoms with van der Waals surface area (Å²) in [5.41, 5.74) is 1.76. The van der Waals surface area contributed by atoms with Gasteiger partial charge in [-0.25, -0.2) is 0 Å². The highest BCUT2D eigenvalue weighted by molar-refractivity contribution is 7.80. The molecule has 0 radical (unpaired) electrons. The van der Waals surface area contributed by atoms with Gasteiger partial charge in [0, 0.05) is 12.2 Å². The number of methoxy groups -OCH3 is 3. The van der Waals surface area contributed by atoms with Crippen LogP contribution in [0.3, 0.4) is 0 Å². The quantitative estimate of drug-likeness (QED) is 0.369. The summed E-state index contributed by atoms with van der Waals surface area (Å²) in [7, 11) is 4.73. The maximum atomic E-state index is 13.0. The predicted molar refractivity (Wildman–Crippen MR) is 139 cm³/mol. The largest absolute Gasteiger partial charge is 0.493 e. The Labute approximate surface area is 218 Å². The maximum absolute atomic E-state index is 13.0. The fourth-order valence-corrected chi connectivity index (χ4v) is 4.63. The normalized spacial score (nSPS) is 15.0. The standard InChI is InChI=1S/C27H27F3N2O4S/c1-33-22-6-4-5-7-23(22)36-16-21-20-15-25(35-3)24(34-2)14-17(20)12-13-32(21)26(37)31-19-10-8-18(9-11-19)27(28,29)30/h4-11,14-15,21H,12-13,16H2,1-3H3,(H,31,37). The molecule has 6 nitrogen and oxygen atoms in total. The third-order valence-electron chi connectivity index (χ3n) is 6.19. The minimum atomic E-state index is -4.41. The Hall–Kier alpha value is -3.66. The number of alkyl halides is 3. The van der Waals surface area contributed by atoms with Crippen molar-refractivity contribution in [2.75, 3.05) is 39.8 Å². The van der Waals surface area contributed by atoms with Crippen LogP contribution in [0.2, 0.25) is 0 Å². The van der Waals surface area contributed by atoms with E-state index in [1.165, 1.54) is 12.1 Å². The molecule has 196 valence electrons.